The molecule has 1 aromatic carbocycles. The lowest BCUT2D eigenvalue weighted by atomic mass is 10.2. The van der Waals surface area contributed by atoms with E-state index in [1.165, 1.54) is 0 Å². The number of likely N-dealkylation sites (tertiary alicyclic amines) is 1. The average Bonchev–Trinajstić information content (AvgIpc) is 3.07. The highest BCUT2D eigenvalue weighted by atomic mass is 16.5. The number of ether oxygens (including phenoxy) is 1. The van der Waals surface area contributed by atoms with Gasteiger partial charge in [-0.05, 0) is 51.0 Å². The molecular weight excluding hydrogens is 264 g/mol. The fraction of sp³-hybridized carbons (Fsp3) is 0.471. The van der Waals surface area contributed by atoms with Gasteiger partial charge in [0.2, 0.25) is 5.91 Å². The molecule has 0 radical (unpaired) electrons. The number of rotatable bonds is 4. The van der Waals surface area contributed by atoms with Crippen molar-refractivity contribution in [2.24, 2.45) is 0 Å². The molecule has 0 N–H and O–H groups in total. The van der Waals surface area contributed by atoms with Crippen LogP contribution < -0.4 is 4.74 Å². The van der Waals surface area contributed by atoms with Crippen LogP contribution in [0.2, 0.25) is 0 Å². The molecule has 0 atom stereocenters. The predicted molar refractivity (Wildman–Crippen MR) is 83.5 cm³/mol. The second-order valence-corrected chi connectivity index (χ2v) is 5.92. The van der Waals surface area contributed by atoms with Gasteiger partial charge in [-0.1, -0.05) is 0 Å². The van der Waals surface area contributed by atoms with Crippen molar-refractivity contribution in [1.29, 1.82) is 0 Å². The zero-order valence-electron chi connectivity index (χ0n) is 12.7. The van der Waals surface area contributed by atoms with Crippen LogP contribution in [0.15, 0.2) is 30.5 Å². The van der Waals surface area contributed by atoms with Crippen LogP contribution in [-0.4, -0.2) is 34.6 Å². The lowest BCUT2D eigenvalue weighted by Crippen LogP contribution is -2.30. The van der Waals surface area contributed by atoms with E-state index in [-0.39, 0.29) is 12.0 Å². The van der Waals surface area contributed by atoms with E-state index in [1.54, 1.807) is 0 Å². The van der Waals surface area contributed by atoms with E-state index in [1.807, 2.05) is 53.8 Å². The molecule has 1 amide bonds. The van der Waals surface area contributed by atoms with Crippen LogP contribution in [0.3, 0.4) is 0 Å². The van der Waals surface area contributed by atoms with E-state index in [9.17, 15) is 4.79 Å². The highest BCUT2D eigenvalue weighted by molar-refractivity contribution is 5.84. The van der Waals surface area contributed by atoms with Gasteiger partial charge in [-0.3, -0.25) is 4.79 Å². The molecule has 0 saturated carbocycles. The van der Waals surface area contributed by atoms with Gasteiger partial charge in [-0.15, -0.1) is 0 Å². The molecule has 4 nitrogen and oxygen atoms in total. The monoisotopic (exact) mass is 286 g/mol. The lowest BCUT2D eigenvalue weighted by Gasteiger charge is -2.16. The maximum atomic E-state index is 12.2. The Bertz CT molecular complexity index is 639. The molecule has 1 fully saturated rings. The van der Waals surface area contributed by atoms with Gasteiger partial charge in [-0.25, -0.2) is 0 Å². The van der Waals surface area contributed by atoms with E-state index in [0.29, 0.717) is 6.54 Å². The number of hydrogen-bond acceptors (Lipinski definition) is 2. The molecule has 4 heteroatoms. The van der Waals surface area contributed by atoms with Gasteiger partial charge in [0.15, 0.2) is 0 Å². The van der Waals surface area contributed by atoms with E-state index in [4.69, 9.17) is 4.74 Å². The number of carbonyl (C=O) groups is 1. The number of hydrogen-bond donors (Lipinski definition) is 0. The molecule has 0 bridgehead atoms. The van der Waals surface area contributed by atoms with E-state index >= 15 is 0 Å². The second kappa shape index (κ2) is 5.80. The first-order chi connectivity index (χ1) is 10.1. The summed E-state index contributed by atoms with van der Waals surface area (Å²) in [6, 6.07) is 8.08. The number of benzene rings is 1. The summed E-state index contributed by atoms with van der Waals surface area (Å²) in [5.74, 6) is 1.09. The van der Waals surface area contributed by atoms with Gasteiger partial charge >= 0.3 is 0 Å². The van der Waals surface area contributed by atoms with E-state index in [2.05, 4.69) is 0 Å². The smallest absolute Gasteiger partial charge is 0.242 e. The van der Waals surface area contributed by atoms with Gasteiger partial charge in [0.1, 0.15) is 12.3 Å². The molecule has 0 unspecified atom stereocenters. The molecule has 21 heavy (non-hydrogen) atoms. The van der Waals surface area contributed by atoms with Crippen molar-refractivity contribution >= 4 is 16.8 Å². The van der Waals surface area contributed by atoms with Gasteiger partial charge in [0, 0.05) is 30.2 Å². The fourth-order valence-electron chi connectivity index (χ4n) is 2.87. The van der Waals surface area contributed by atoms with Crippen molar-refractivity contribution < 1.29 is 9.53 Å². The van der Waals surface area contributed by atoms with Crippen molar-refractivity contribution in [2.45, 2.75) is 39.3 Å². The van der Waals surface area contributed by atoms with Crippen molar-refractivity contribution in [3.05, 3.63) is 30.5 Å². The van der Waals surface area contributed by atoms with Crippen LogP contribution in [0, 0.1) is 0 Å². The third-order valence-electron chi connectivity index (χ3n) is 3.88. The highest BCUT2D eigenvalue weighted by Crippen LogP contribution is 2.23. The molecular formula is C17H22N2O2. The minimum Gasteiger partial charge on any atom is -0.491 e. The van der Waals surface area contributed by atoms with Crippen LogP contribution in [0.5, 0.6) is 5.75 Å². The normalized spacial score (nSPS) is 15.1. The van der Waals surface area contributed by atoms with E-state index in [0.717, 1.165) is 42.6 Å². The Morgan fingerprint density at radius 2 is 2.00 bits per heavy atom. The fourth-order valence-corrected chi connectivity index (χ4v) is 2.87. The highest BCUT2D eigenvalue weighted by Gasteiger charge is 2.18. The number of amides is 1. The number of carbonyl (C=O) groups excluding carboxylic acids is 1. The Balaban J connectivity index is 1.78. The van der Waals surface area contributed by atoms with Crippen molar-refractivity contribution in [1.82, 2.24) is 9.47 Å². The summed E-state index contributed by atoms with van der Waals surface area (Å²) in [6.07, 6.45) is 4.42. The summed E-state index contributed by atoms with van der Waals surface area (Å²) in [4.78, 5) is 14.2. The quantitative estimate of drug-likeness (QED) is 0.865. The Labute approximate surface area is 125 Å². The summed E-state index contributed by atoms with van der Waals surface area (Å²) in [6.45, 7) is 6.27. The average molecular weight is 286 g/mol. The number of aromatic nitrogens is 1. The zero-order chi connectivity index (χ0) is 14.8. The van der Waals surface area contributed by atoms with Crippen LogP contribution >= 0.6 is 0 Å². The van der Waals surface area contributed by atoms with Gasteiger partial charge in [-0.2, -0.15) is 0 Å². The predicted octanol–water partition coefficient (Wildman–Crippen LogP) is 3.05. The minimum atomic E-state index is 0.168. The first-order valence-corrected chi connectivity index (χ1v) is 7.67. The summed E-state index contributed by atoms with van der Waals surface area (Å²) >= 11 is 0. The topological polar surface area (TPSA) is 34.5 Å². The zero-order valence-corrected chi connectivity index (χ0v) is 12.7. The summed E-state index contributed by atoms with van der Waals surface area (Å²) in [7, 11) is 0. The van der Waals surface area contributed by atoms with Gasteiger partial charge < -0.3 is 14.2 Å². The van der Waals surface area contributed by atoms with Crippen molar-refractivity contribution in [3.63, 3.8) is 0 Å². The SMILES string of the molecule is CC(C)Oc1ccc2c(ccn2CC(=O)N2CCCC2)c1. The molecule has 2 heterocycles. The van der Waals surface area contributed by atoms with E-state index < -0.39 is 0 Å². The lowest BCUT2D eigenvalue weighted by molar-refractivity contribution is -0.130. The maximum absolute atomic E-state index is 12.2. The largest absolute Gasteiger partial charge is 0.491 e. The standard InChI is InChI=1S/C17H22N2O2/c1-13(2)21-15-5-6-16-14(11-15)7-10-19(16)12-17(20)18-8-3-4-9-18/h5-7,10-11,13H,3-4,8-9,12H2,1-2H3. The first-order valence-electron chi connectivity index (χ1n) is 7.67. The number of fused-ring (bicyclic) bond motifs is 1. The molecule has 2 aromatic rings. The molecule has 0 aliphatic carbocycles. The van der Waals surface area contributed by atoms with Crippen molar-refractivity contribution in [3.8, 4) is 5.75 Å². The molecule has 1 aliphatic heterocycles. The Kier molecular flexibility index (Phi) is 3.86. The Morgan fingerprint density at radius 3 is 2.71 bits per heavy atom. The third kappa shape index (κ3) is 3.04. The van der Waals surface area contributed by atoms with Gasteiger partial charge in [0.25, 0.3) is 0 Å². The van der Waals surface area contributed by atoms with Crippen LogP contribution in [-0.2, 0) is 11.3 Å². The molecule has 0 spiro atoms. The molecule has 112 valence electrons. The molecule has 1 aliphatic rings. The number of nitrogens with zero attached hydrogens (tertiary/aromatic N) is 2. The maximum Gasteiger partial charge on any atom is 0.242 e. The molecule has 1 saturated heterocycles. The minimum absolute atomic E-state index is 0.168. The van der Waals surface area contributed by atoms with Crippen LogP contribution in [0.25, 0.3) is 10.9 Å². The summed E-state index contributed by atoms with van der Waals surface area (Å²) in [5, 5.41) is 1.11. The summed E-state index contributed by atoms with van der Waals surface area (Å²) in [5.41, 5.74) is 1.08. The van der Waals surface area contributed by atoms with Crippen LogP contribution in [0.1, 0.15) is 26.7 Å². The summed E-state index contributed by atoms with van der Waals surface area (Å²) < 4.78 is 7.73. The third-order valence-corrected chi connectivity index (χ3v) is 3.88. The Morgan fingerprint density at radius 1 is 1.24 bits per heavy atom. The second-order valence-electron chi connectivity index (χ2n) is 5.92. The molecule has 1 aromatic heterocycles. The van der Waals surface area contributed by atoms with Crippen LogP contribution in [0.4, 0.5) is 0 Å². The molecule has 3 rings (SSSR count). The van der Waals surface area contributed by atoms with Crippen molar-refractivity contribution in [2.75, 3.05) is 13.1 Å². The first kappa shape index (κ1) is 14.0. The van der Waals surface area contributed by atoms with Gasteiger partial charge in [0.05, 0.1) is 6.10 Å². The Hall–Kier alpha value is -1.97.